The maximum Gasteiger partial charge on any atom is 0.358 e. The van der Waals surface area contributed by atoms with Crippen LogP contribution >= 0.6 is 0 Å². The second-order valence-corrected chi connectivity index (χ2v) is 5.55. The highest BCUT2D eigenvalue weighted by molar-refractivity contribution is 6.06. The zero-order valence-electron chi connectivity index (χ0n) is 13.5. The van der Waals surface area contributed by atoms with Crippen molar-refractivity contribution in [1.29, 1.82) is 0 Å². The van der Waals surface area contributed by atoms with E-state index in [2.05, 4.69) is 0 Å². The minimum absolute atomic E-state index is 0.0483. The quantitative estimate of drug-likeness (QED) is 0.400. The molecule has 0 aliphatic rings. The Morgan fingerprint density at radius 1 is 0.840 bits per heavy atom. The highest BCUT2D eigenvalue weighted by Crippen LogP contribution is 2.27. The number of hydrogen-bond acceptors (Lipinski definition) is 7. The van der Waals surface area contributed by atoms with Gasteiger partial charge < -0.3 is 24.8 Å². The van der Waals surface area contributed by atoms with E-state index in [-0.39, 0.29) is 11.5 Å². The van der Waals surface area contributed by atoms with Gasteiger partial charge in [-0.3, -0.25) is 0 Å². The van der Waals surface area contributed by atoms with Crippen molar-refractivity contribution in [2.45, 2.75) is 18.1 Å². The second kappa shape index (κ2) is 7.43. The number of benzene rings is 2. The van der Waals surface area contributed by atoms with Crippen LogP contribution < -0.4 is 9.47 Å². The van der Waals surface area contributed by atoms with Crippen LogP contribution in [0, 0.1) is 0 Å². The van der Waals surface area contributed by atoms with E-state index in [0.717, 1.165) is 6.92 Å². The molecule has 1 unspecified atom stereocenters. The van der Waals surface area contributed by atoms with Crippen LogP contribution in [-0.2, 0) is 9.59 Å². The normalized spacial score (nSPS) is 13.6. The minimum atomic E-state index is -3.15. The summed E-state index contributed by atoms with van der Waals surface area (Å²) >= 11 is 0. The summed E-state index contributed by atoms with van der Waals surface area (Å²) in [7, 11) is 0. The fourth-order valence-corrected chi connectivity index (χ4v) is 1.98. The second-order valence-electron chi connectivity index (χ2n) is 5.55. The SMILES string of the molecule is CC(O)(CO)C(O)(C(=O)Oc1ccccc1)C(=O)Oc1ccccc1. The van der Waals surface area contributed by atoms with Crippen molar-refractivity contribution in [3.63, 3.8) is 0 Å². The zero-order valence-corrected chi connectivity index (χ0v) is 13.5. The molecule has 3 N–H and O–H groups in total. The van der Waals surface area contributed by atoms with Gasteiger partial charge in [-0.15, -0.1) is 0 Å². The Labute approximate surface area is 144 Å². The monoisotopic (exact) mass is 346 g/mol. The van der Waals surface area contributed by atoms with Gasteiger partial charge in [0.05, 0.1) is 6.61 Å². The summed E-state index contributed by atoms with van der Waals surface area (Å²) in [6.07, 6.45) is 0. The van der Waals surface area contributed by atoms with Gasteiger partial charge in [0, 0.05) is 0 Å². The number of aliphatic hydroxyl groups is 3. The molecular formula is C18H18O7. The molecule has 0 amide bonds. The van der Waals surface area contributed by atoms with E-state index >= 15 is 0 Å². The van der Waals surface area contributed by atoms with Crippen LogP contribution in [0.4, 0.5) is 0 Å². The third kappa shape index (κ3) is 3.85. The number of rotatable bonds is 6. The van der Waals surface area contributed by atoms with Crippen LogP contribution in [0.5, 0.6) is 11.5 Å². The predicted molar refractivity (Wildman–Crippen MR) is 86.8 cm³/mol. The van der Waals surface area contributed by atoms with Gasteiger partial charge in [-0.25, -0.2) is 9.59 Å². The summed E-state index contributed by atoms with van der Waals surface area (Å²) in [5.41, 5.74) is -5.68. The number of ether oxygens (including phenoxy) is 2. The molecule has 132 valence electrons. The van der Waals surface area contributed by atoms with Crippen molar-refractivity contribution in [1.82, 2.24) is 0 Å². The van der Waals surface area contributed by atoms with Gasteiger partial charge in [0.25, 0.3) is 5.60 Å². The molecule has 2 aromatic rings. The van der Waals surface area contributed by atoms with Crippen LogP contribution in [0.25, 0.3) is 0 Å². The van der Waals surface area contributed by atoms with E-state index < -0.39 is 29.7 Å². The summed E-state index contributed by atoms with van der Waals surface area (Å²) in [6, 6.07) is 15.4. The first-order chi connectivity index (χ1) is 11.8. The number of esters is 2. The number of aliphatic hydroxyl groups excluding tert-OH is 1. The average Bonchev–Trinajstić information content (AvgIpc) is 2.62. The Morgan fingerprint density at radius 2 is 1.20 bits per heavy atom. The third-order valence-electron chi connectivity index (χ3n) is 3.59. The van der Waals surface area contributed by atoms with Crippen molar-refractivity contribution >= 4 is 11.9 Å². The Hall–Kier alpha value is -2.74. The first-order valence-corrected chi connectivity index (χ1v) is 7.41. The zero-order chi connectivity index (χ0) is 18.5. The maximum absolute atomic E-state index is 12.4. The average molecular weight is 346 g/mol. The van der Waals surface area contributed by atoms with Gasteiger partial charge in [0.15, 0.2) is 0 Å². The van der Waals surface area contributed by atoms with E-state index in [9.17, 15) is 24.9 Å². The van der Waals surface area contributed by atoms with E-state index in [0.29, 0.717) is 0 Å². The molecule has 0 aliphatic heterocycles. The molecular weight excluding hydrogens is 328 g/mol. The Balaban J connectivity index is 2.33. The predicted octanol–water partition coefficient (Wildman–Crippen LogP) is 0.672. The molecule has 0 aromatic heterocycles. The van der Waals surface area contributed by atoms with Crippen molar-refractivity contribution in [2.75, 3.05) is 6.61 Å². The van der Waals surface area contributed by atoms with Crippen LogP contribution in [0.15, 0.2) is 60.7 Å². The minimum Gasteiger partial charge on any atom is -0.424 e. The fraction of sp³-hybridized carbons (Fsp3) is 0.222. The fourth-order valence-electron chi connectivity index (χ4n) is 1.98. The van der Waals surface area contributed by atoms with Gasteiger partial charge in [0.2, 0.25) is 0 Å². The molecule has 2 aromatic carbocycles. The Morgan fingerprint density at radius 3 is 1.52 bits per heavy atom. The first-order valence-electron chi connectivity index (χ1n) is 7.41. The van der Waals surface area contributed by atoms with E-state index in [1.807, 2.05) is 0 Å². The lowest BCUT2D eigenvalue weighted by Crippen LogP contribution is -2.67. The standard InChI is InChI=1S/C18H18O7/c1-17(22,12-19)18(23,15(20)24-13-8-4-2-5-9-13)16(21)25-14-10-6-3-7-11-14/h2-11,19,22-23H,12H2,1H3. The summed E-state index contributed by atoms with van der Waals surface area (Å²) < 4.78 is 9.93. The van der Waals surface area contributed by atoms with Crippen molar-refractivity contribution < 1.29 is 34.4 Å². The smallest absolute Gasteiger partial charge is 0.358 e. The molecule has 7 nitrogen and oxygen atoms in total. The molecule has 0 aliphatic carbocycles. The van der Waals surface area contributed by atoms with Crippen LogP contribution in [0.1, 0.15) is 6.92 Å². The van der Waals surface area contributed by atoms with Crippen LogP contribution in [0.3, 0.4) is 0 Å². The van der Waals surface area contributed by atoms with Crippen molar-refractivity contribution in [3.05, 3.63) is 60.7 Å². The topological polar surface area (TPSA) is 113 Å². The molecule has 0 heterocycles. The van der Waals surface area contributed by atoms with Crippen LogP contribution in [-0.4, -0.2) is 45.1 Å². The highest BCUT2D eigenvalue weighted by Gasteiger charge is 2.61. The summed E-state index contributed by atoms with van der Waals surface area (Å²) in [6.45, 7) is -0.164. The maximum atomic E-state index is 12.4. The van der Waals surface area contributed by atoms with Gasteiger partial charge in [0.1, 0.15) is 17.1 Å². The van der Waals surface area contributed by atoms with Gasteiger partial charge in [-0.1, -0.05) is 36.4 Å². The number of carbonyl (C=O) groups excluding carboxylic acids is 2. The Bertz CT molecular complexity index is 672. The molecule has 7 heteroatoms. The summed E-state index contributed by atoms with van der Waals surface area (Å²) in [5, 5.41) is 30.2. The van der Waals surface area contributed by atoms with E-state index in [1.54, 1.807) is 36.4 Å². The molecule has 0 saturated carbocycles. The third-order valence-corrected chi connectivity index (χ3v) is 3.59. The molecule has 0 saturated heterocycles. The molecule has 2 rings (SSSR count). The first kappa shape index (κ1) is 18.6. The molecule has 0 bridgehead atoms. The van der Waals surface area contributed by atoms with Gasteiger partial charge >= 0.3 is 11.9 Å². The van der Waals surface area contributed by atoms with Gasteiger partial charge in [-0.2, -0.15) is 0 Å². The molecule has 25 heavy (non-hydrogen) atoms. The van der Waals surface area contributed by atoms with E-state index in [1.165, 1.54) is 24.3 Å². The lowest BCUT2D eigenvalue weighted by molar-refractivity contribution is -0.205. The van der Waals surface area contributed by atoms with Crippen LogP contribution in [0.2, 0.25) is 0 Å². The summed E-state index contributed by atoms with van der Waals surface area (Å²) in [4.78, 5) is 24.9. The Kier molecular flexibility index (Phi) is 5.53. The number of carbonyl (C=O) groups is 2. The lowest BCUT2D eigenvalue weighted by Gasteiger charge is -2.35. The summed E-state index contributed by atoms with van der Waals surface area (Å²) in [5.74, 6) is -2.85. The molecule has 0 radical (unpaired) electrons. The van der Waals surface area contributed by atoms with Crippen molar-refractivity contribution in [2.24, 2.45) is 0 Å². The molecule has 0 spiro atoms. The molecule has 1 atom stereocenters. The number of hydrogen-bond donors (Lipinski definition) is 3. The molecule has 0 fully saturated rings. The van der Waals surface area contributed by atoms with E-state index in [4.69, 9.17) is 9.47 Å². The lowest BCUT2D eigenvalue weighted by atomic mass is 9.84. The number of para-hydroxylation sites is 2. The van der Waals surface area contributed by atoms with Gasteiger partial charge in [-0.05, 0) is 31.2 Å². The van der Waals surface area contributed by atoms with Crippen molar-refractivity contribution in [3.8, 4) is 11.5 Å². The largest absolute Gasteiger partial charge is 0.424 e. The highest BCUT2D eigenvalue weighted by atomic mass is 16.6.